The summed E-state index contributed by atoms with van der Waals surface area (Å²) in [7, 11) is -0.271. The van der Waals surface area contributed by atoms with Crippen molar-refractivity contribution < 1.29 is 14.0 Å². The first-order valence-corrected chi connectivity index (χ1v) is 13.7. The summed E-state index contributed by atoms with van der Waals surface area (Å²) < 4.78 is 12.4. The van der Waals surface area contributed by atoms with E-state index in [0.717, 1.165) is 24.8 Å². The first-order valence-electron chi connectivity index (χ1n) is 10.8. The van der Waals surface area contributed by atoms with Gasteiger partial charge in [-0.3, -0.25) is 4.79 Å². The molecule has 4 nitrogen and oxygen atoms in total. The van der Waals surface area contributed by atoms with Crippen molar-refractivity contribution in [1.29, 1.82) is 0 Å². The molecule has 0 rings (SSSR count). The molecule has 1 amide bonds. The predicted molar refractivity (Wildman–Crippen MR) is 128 cm³/mol. The van der Waals surface area contributed by atoms with Gasteiger partial charge in [0, 0.05) is 26.0 Å². The molecule has 0 saturated heterocycles. The Balaban J connectivity index is 5.05. The van der Waals surface area contributed by atoms with E-state index >= 15 is 0 Å². The molecule has 0 aliphatic carbocycles. The van der Waals surface area contributed by atoms with Crippen molar-refractivity contribution in [3.05, 3.63) is 37.0 Å². The summed E-state index contributed by atoms with van der Waals surface area (Å²) in [5, 5.41) is 3.13. The van der Waals surface area contributed by atoms with Crippen molar-refractivity contribution in [1.82, 2.24) is 5.32 Å². The highest BCUT2D eigenvalue weighted by Crippen LogP contribution is 2.39. The SMILES string of the molecule is C=CCCCCC(=O)NC/C(C)=C/[C@@H](C)[C@H](O[Si](C)(C)C(C)(C)C)[C@H](C=C)OC. The Morgan fingerprint density at radius 1 is 1.21 bits per heavy atom. The van der Waals surface area contributed by atoms with E-state index in [0.29, 0.717) is 13.0 Å². The summed E-state index contributed by atoms with van der Waals surface area (Å²) in [6.07, 6.45) is 9.05. The minimum Gasteiger partial charge on any atom is -0.410 e. The quantitative estimate of drug-likeness (QED) is 0.211. The van der Waals surface area contributed by atoms with Crippen molar-refractivity contribution in [2.75, 3.05) is 13.7 Å². The van der Waals surface area contributed by atoms with Gasteiger partial charge in [-0.1, -0.05) is 51.5 Å². The molecule has 0 radical (unpaired) electrons. The lowest BCUT2D eigenvalue weighted by molar-refractivity contribution is -0.121. The number of nitrogens with one attached hydrogen (secondary N) is 1. The normalized spacial score (nSPS) is 16.1. The van der Waals surface area contributed by atoms with Gasteiger partial charge in [0.25, 0.3) is 0 Å². The number of carbonyl (C=O) groups is 1. The second kappa shape index (κ2) is 13.2. The summed E-state index contributed by atoms with van der Waals surface area (Å²) in [6, 6.07) is 0. The van der Waals surface area contributed by atoms with Gasteiger partial charge in [-0.15, -0.1) is 13.2 Å². The van der Waals surface area contributed by atoms with Crippen molar-refractivity contribution >= 4 is 14.2 Å². The van der Waals surface area contributed by atoms with E-state index in [1.807, 2.05) is 19.1 Å². The Bertz CT molecular complexity index is 549. The van der Waals surface area contributed by atoms with E-state index in [4.69, 9.17) is 9.16 Å². The molecule has 0 heterocycles. The summed E-state index contributed by atoms with van der Waals surface area (Å²) in [4.78, 5) is 12.0. The van der Waals surface area contributed by atoms with Gasteiger partial charge in [0.1, 0.15) is 6.10 Å². The third-order valence-corrected chi connectivity index (χ3v) is 10.2. The van der Waals surface area contributed by atoms with Gasteiger partial charge in [0.2, 0.25) is 5.91 Å². The average molecular weight is 424 g/mol. The minimum absolute atomic E-state index is 0.101. The Morgan fingerprint density at radius 2 is 1.83 bits per heavy atom. The number of amides is 1. The van der Waals surface area contributed by atoms with Crippen molar-refractivity contribution in [2.24, 2.45) is 5.92 Å². The standard InChI is InChI=1S/C24H45NO3Si/c1-11-13-14-15-16-22(26)25-18-19(3)17-20(4)23(21(12-2)27-8)28-29(9,10)24(5,6)7/h11-12,17,20-21,23H,1-2,13-16,18H2,3-10H3,(H,25,26)/b19-17+/t20-,21+,23+/m1/s1. The molecule has 0 aromatic carbocycles. The number of carbonyl (C=O) groups excluding carboxylic acids is 1. The van der Waals surface area contributed by atoms with Crippen LogP contribution < -0.4 is 5.32 Å². The monoisotopic (exact) mass is 423 g/mol. The molecule has 3 atom stereocenters. The molecule has 0 bridgehead atoms. The summed E-state index contributed by atoms with van der Waals surface area (Å²) in [5.41, 5.74) is 1.12. The molecule has 0 fully saturated rings. The number of hydrogen-bond acceptors (Lipinski definition) is 3. The van der Waals surface area contributed by atoms with Gasteiger partial charge in [0.05, 0.1) is 6.10 Å². The van der Waals surface area contributed by atoms with Crippen LogP contribution in [0.3, 0.4) is 0 Å². The Kier molecular flexibility index (Phi) is 12.7. The van der Waals surface area contributed by atoms with E-state index in [1.54, 1.807) is 7.11 Å². The molecule has 0 aromatic rings. The lowest BCUT2D eigenvalue weighted by atomic mass is 9.97. The second-order valence-corrected chi connectivity index (χ2v) is 14.2. The first kappa shape index (κ1) is 27.8. The average Bonchev–Trinajstić information content (AvgIpc) is 2.62. The van der Waals surface area contributed by atoms with Crippen molar-refractivity contribution in [3.63, 3.8) is 0 Å². The van der Waals surface area contributed by atoms with Crippen molar-refractivity contribution in [2.45, 2.75) is 90.6 Å². The van der Waals surface area contributed by atoms with Crippen LogP contribution in [0, 0.1) is 5.92 Å². The molecule has 29 heavy (non-hydrogen) atoms. The highest BCUT2D eigenvalue weighted by molar-refractivity contribution is 6.74. The van der Waals surface area contributed by atoms with Crippen LogP contribution in [0.1, 0.15) is 60.3 Å². The van der Waals surface area contributed by atoms with Gasteiger partial charge >= 0.3 is 0 Å². The molecular formula is C24H45NO3Si. The summed E-state index contributed by atoms with van der Waals surface area (Å²) in [6.45, 7) is 23.6. The number of ether oxygens (including phenoxy) is 1. The summed E-state index contributed by atoms with van der Waals surface area (Å²) in [5.74, 6) is 0.237. The number of unbranched alkanes of at least 4 members (excludes halogenated alkanes) is 2. The minimum atomic E-state index is -1.97. The van der Waals surface area contributed by atoms with Crippen LogP contribution >= 0.6 is 0 Å². The van der Waals surface area contributed by atoms with E-state index in [2.05, 4.69) is 65.3 Å². The molecule has 0 aliphatic rings. The van der Waals surface area contributed by atoms with Crippen molar-refractivity contribution in [3.8, 4) is 0 Å². The van der Waals surface area contributed by atoms with Crippen LogP contribution in [0.4, 0.5) is 0 Å². The van der Waals surface area contributed by atoms with E-state index < -0.39 is 8.32 Å². The molecule has 0 aliphatic heterocycles. The van der Waals surface area contributed by atoms with Gasteiger partial charge in [-0.05, 0) is 44.3 Å². The lowest BCUT2D eigenvalue weighted by Gasteiger charge is -2.42. The van der Waals surface area contributed by atoms with Gasteiger partial charge in [-0.2, -0.15) is 0 Å². The number of methoxy groups -OCH3 is 1. The lowest BCUT2D eigenvalue weighted by Crippen LogP contribution is -2.49. The van der Waals surface area contributed by atoms with E-state index in [9.17, 15) is 4.79 Å². The fraction of sp³-hybridized carbons (Fsp3) is 0.708. The van der Waals surface area contributed by atoms with Gasteiger partial charge in [-0.25, -0.2) is 0 Å². The third-order valence-electron chi connectivity index (χ3n) is 5.76. The van der Waals surface area contributed by atoms with Gasteiger partial charge < -0.3 is 14.5 Å². The van der Waals surface area contributed by atoms with E-state index in [1.165, 1.54) is 0 Å². The predicted octanol–water partition coefficient (Wildman–Crippen LogP) is 6.02. The zero-order chi connectivity index (χ0) is 22.7. The van der Waals surface area contributed by atoms with Crippen LogP contribution in [-0.4, -0.2) is 40.1 Å². The largest absolute Gasteiger partial charge is 0.410 e. The molecule has 0 aromatic heterocycles. The topological polar surface area (TPSA) is 47.6 Å². The van der Waals surface area contributed by atoms with Crippen LogP contribution in [0.2, 0.25) is 18.1 Å². The molecule has 0 unspecified atom stereocenters. The van der Waals surface area contributed by atoms with E-state index in [-0.39, 0.29) is 29.1 Å². The Hall–Kier alpha value is -1.17. The maximum absolute atomic E-state index is 12.0. The number of allylic oxidation sites excluding steroid dienone is 1. The zero-order valence-electron chi connectivity index (χ0n) is 20.1. The molecule has 168 valence electrons. The summed E-state index contributed by atoms with van der Waals surface area (Å²) >= 11 is 0. The molecule has 0 saturated carbocycles. The Labute approximate surface area is 181 Å². The fourth-order valence-electron chi connectivity index (χ4n) is 2.86. The Morgan fingerprint density at radius 3 is 2.31 bits per heavy atom. The first-order chi connectivity index (χ1) is 13.4. The van der Waals surface area contributed by atoms with Crippen LogP contribution in [0.25, 0.3) is 0 Å². The maximum atomic E-state index is 12.0. The van der Waals surface area contributed by atoms with Crippen LogP contribution in [0.5, 0.6) is 0 Å². The third kappa shape index (κ3) is 10.4. The maximum Gasteiger partial charge on any atom is 0.220 e. The number of rotatable bonds is 14. The second-order valence-electron chi connectivity index (χ2n) is 9.46. The fourth-order valence-corrected chi connectivity index (χ4v) is 4.24. The molecule has 5 heteroatoms. The van der Waals surface area contributed by atoms with Gasteiger partial charge in [0.15, 0.2) is 8.32 Å². The smallest absolute Gasteiger partial charge is 0.220 e. The van der Waals surface area contributed by atoms with Crippen LogP contribution in [0.15, 0.2) is 37.0 Å². The molecular weight excluding hydrogens is 378 g/mol. The highest BCUT2D eigenvalue weighted by atomic mass is 28.4. The molecule has 1 N–H and O–H groups in total. The molecule has 0 spiro atoms. The zero-order valence-corrected chi connectivity index (χ0v) is 21.1. The highest BCUT2D eigenvalue weighted by Gasteiger charge is 2.41. The van der Waals surface area contributed by atoms with Crippen LogP contribution in [-0.2, 0) is 14.0 Å². The number of hydrogen-bond donors (Lipinski definition) is 1.